The lowest BCUT2D eigenvalue weighted by molar-refractivity contribution is 0.0908. The van der Waals surface area contributed by atoms with Gasteiger partial charge >= 0.3 is 0 Å². The second-order valence-corrected chi connectivity index (χ2v) is 6.97. The lowest BCUT2D eigenvalue weighted by atomic mass is 9.74. The Labute approximate surface area is 136 Å². The molecular formula is C17H26BrNO2. The lowest BCUT2D eigenvalue weighted by Gasteiger charge is -2.41. The molecule has 0 amide bonds. The van der Waals surface area contributed by atoms with E-state index in [1.54, 1.807) is 7.11 Å². The summed E-state index contributed by atoms with van der Waals surface area (Å²) in [6.45, 7) is 7.87. The molecule has 1 heterocycles. The number of phenols is 1. The average molecular weight is 356 g/mol. The minimum Gasteiger partial charge on any atom is -0.503 e. The van der Waals surface area contributed by atoms with Gasteiger partial charge in [0.15, 0.2) is 11.5 Å². The Hall–Kier alpha value is -0.740. The molecule has 1 aromatic rings. The van der Waals surface area contributed by atoms with E-state index in [1.165, 1.54) is 31.2 Å². The number of hydrogen-bond acceptors (Lipinski definition) is 3. The van der Waals surface area contributed by atoms with Crippen molar-refractivity contribution in [1.82, 2.24) is 4.90 Å². The molecule has 0 aliphatic carbocycles. The molecule has 4 heteroatoms. The summed E-state index contributed by atoms with van der Waals surface area (Å²) < 4.78 is 5.92. The van der Waals surface area contributed by atoms with Crippen LogP contribution in [0, 0.1) is 5.41 Å². The van der Waals surface area contributed by atoms with Gasteiger partial charge < -0.3 is 9.84 Å². The lowest BCUT2D eigenvalue weighted by Crippen LogP contribution is -2.39. The number of piperidine rings is 1. The third-order valence-corrected chi connectivity index (χ3v) is 5.74. The SMILES string of the molecule is CCC1(CC)CCN(Cc2cc(Br)c(O)c(OC)c2)CC1. The molecule has 1 fully saturated rings. The van der Waals surface area contributed by atoms with Crippen LogP contribution in [-0.2, 0) is 6.54 Å². The molecule has 1 saturated heterocycles. The summed E-state index contributed by atoms with van der Waals surface area (Å²) in [6, 6.07) is 3.92. The van der Waals surface area contributed by atoms with E-state index in [0.29, 0.717) is 15.6 Å². The van der Waals surface area contributed by atoms with Gasteiger partial charge in [-0.05, 0) is 65.0 Å². The minimum atomic E-state index is 0.177. The molecular weight excluding hydrogens is 330 g/mol. The van der Waals surface area contributed by atoms with Crippen LogP contribution in [0.5, 0.6) is 11.5 Å². The van der Waals surface area contributed by atoms with Crippen LogP contribution in [0.1, 0.15) is 45.1 Å². The number of hydrogen-bond donors (Lipinski definition) is 1. The number of ether oxygens (including phenoxy) is 1. The molecule has 1 aromatic carbocycles. The zero-order valence-corrected chi connectivity index (χ0v) is 14.9. The van der Waals surface area contributed by atoms with Crippen molar-refractivity contribution in [1.29, 1.82) is 0 Å². The van der Waals surface area contributed by atoms with Crippen molar-refractivity contribution in [2.75, 3.05) is 20.2 Å². The smallest absolute Gasteiger partial charge is 0.172 e. The van der Waals surface area contributed by atoms with Crippen molar-refractivity contribution in [3.05, 3.63) is 22.2 Å². The van der Waals surface area contributed by atoms with Gasteiger partial charge in [0, 0.05) is 6.54 Å². The first kappa shape index (κ1) is 16.6. The zero-order chi connectivity index (χ0) is 15.5. The highest BCUT2D eigenvalue weighted by atomic mass is 79.9. The molecule has 0 unspecified atom stereocenters. The van der Waals surface area contributed by atoms with E-state index in [2.05, 4.69) is 34.7 Å². The second-order valence-electron chi connectivity index (χ2n) is 6.11. The zero-order valence-electron chi connectivity index (χ0n) is 13.3. The summed E-state index contributed by atoms with van der Waals surface area (Å²) in [6.07, 6.45) is 5.15. The number of benzene rings is 1. The van der Waals surface area contributed by atoms with Gasteiger partial charge in [-0.3, -0.25) is 4.90 Å². The molecule has 2 rings (SSSR count). The Balaban J connectivity index is 2.02. The number of methoxy groups -OCH3 is 1. The third-order valence-electron chi connectivity index (χ3n) is 5.13. The number of likely N-dealkylation sites (tertiary alicyclic amines) is 1. The van der Waals surface area contributed by atoms with Crippen LogP contribution in [0.4, 0.5) is 0 Å². The van der Waals surface area contributed by atoms with Gasteiger partial charge in [-0.1, -0.05) is 26.7 Å². The van der Waals surface area contributed by atoms with Gasteiger partial charge in [0.05, 0.1) is 11.6 Å². The highest BCUT2D eigenvalue weighted by Gasteiger charge is 2.31. The van der Waals surface area contributed by atoms with Crippen LogP contribution in [0.2, 0.25) is 0 Å². The van der Waals surface area contributed by atoms with Crippen LogP contribution in [-0.4, -0.2) is 30.2 Å². The maximum atomic E-state index is 9.87. The molecule has 3 nitrogen and oxygen atoms in total. The molecule has 0 atom stereocenters. The van der Waals surface area contributed by atoms with Gasteiger partial charge in [0.2, 0.25) is 0 Å². The van der Waals surface area contributed by atoms with Gasteiger partial charge in [0.1, 0.15) is 0 Å². The summed E-state index contributed by atoms with van der Waals surface area (Å²) in [5, 5.41) is 9.87. The highest BCUT2D eigenvalue weighted by molar-refractivity contribution is 9.10. The number of halogens is 1. The molecule has 0 bridgehead atoms. The van der Waals surface area contributed by atoms with E-state index in [0.717, 1.165) is 19.6 Å². The van der Waals surface area contributed by atoms with Crippen LogP contribution in [0.3, 0.4) is 0 Å². The van der Waals surface area contributed by atoms with E-state index in [-0.39, 0.29) is 5.75 Å². The Morgan fingerprint density at radius 3 is 2.38 bits per heavy atom. The first-order valence-electron chi connectivity index (χ1n) is 7.81. The molecule has 0 radical (unpaired) electrons. The third kappa shape index (κ3) is 3.72. The summed E-state index contributed by atoms with van der Waals surface area (Å²) in [5.74, 6) is 0.712. The van der Waals surface area contributed by atoms with Crippen molar-refractivity contribution in [2.45, 2.75) is 46.1 Å². The Bertz CT molecular complexity index is 476. The average Bonchev–Trinajstić information content (AvgIpc) is 2.51. The van der Waals surface area contributed by atoms with Crippen LogP contribution in [0.25, 0.3) is 0 Å². The largest absolute Gasteiger partial charge is 0.503 e. The van der Waals surface area contributed by atoms with Crippen LogP contribution in [0.15, 0.2) is 16.6 Å². The topological polar surface area (TPSA) is 32.7 Å². The first-order chi connectivity index (χ1) is 10.0. The molecule has 0 saturated carbocycles. The van der Waals surface area contributed by atoms with Gasteiger partial charge in [-0.2, -0.15) is 0 Å². The first-order valence-corrected chi connectivity index (χ1v) is 8.60. The quantitative estimate of drug-likeness (QED) is 0.839. The molecule has 0 spiro atoms. The number of rotatable bonds is 5. The maximum Gasteiger partial charge on any atom is 0.172 e. The summed E-state index contributed by atoms with van der Waals surface area (Å²) in [4.78, 5) is 2.50. The molecule has 118 valence electrons. The van der Waals surface area contributed by atoms with E-state index in [9.17, 15) is 5.11 Å². The highest BCUT2D eigenvalue weighted by Crippen LogP contribution is 2.39. The minimum absolute atomic E-state index is 0.177. The molecule has 1 aliphatic rings. The van der Waals surface area contributed by atoms with E-state index in [4.69, 9.17) is 4.74 Å². The summed E-state index contributed by atoms with van der Waals surface area (Å²) in [5.41, 5.74) is 1.74. The molecule has 21 heavy (non-hydrogen) atoms. The van der Waals surface area contributed by atoms with Crippen molar-refractivity contribution < 1.29 is 9.84 Å². The van der Waals surface area contributed by atoms with Crippen molar-refractivity contribution in [3.63, 3.8) is 0 Å². The monoisotopic (exact) mass is 355 g/mol. The van der Waals surface area contributed by atoms with Crippen molar-refractivity contribution in [3.8, 4) is 11.5 Å². The molecule has 1 aliphatic heterocycles. The Morgan fingerprint density at radius 1 is 1.24 bits per heavy atom. The summed E-state index contributed by atoms with van der Waals surface area (Å²) >= 11 is 3.39. The predicted octanol–water partition coefficient (Wildman–Crippen LogP) is 4.57. The Kier molecular flexibility index (Phi) is 5.55. The van der Waals surface area contributed by atoms with Crippen LogP contribution >= 0.6 is 15.9 Å². The summed E-state index contributed by atoms with van der Waals surface area (Å²) in [7, 11) is 1.59. The normalized spacial score (nSPS) is 18.7. The fraction of sp³-hybridized carbons (Fsp3) is 0.647. The number of aromatic hydroxyl groups is 1. The fourth-order valence-electron chi connectivity index (χ4n) is 3.27. The molecule has 0 aromatic heterocycles. The maximum absolute atomic E-state index is 9.87. The number of nitrogens with zero attached hydrogens (tertiary/aromatic N) is 1. The van der Waals surface area contributed by atoms with Gasteiger partial charge in [-0.25, -0.2) is 0 Å². The van der Waals surface area contributed by atoms with Gasteiger partial charge in [0.25, 0.3) is 0 Å². The van der Waals surface area contributed by atoms with Gasteiger partial charge in [-0.15, -0.1) is 0 Å². The van der Waals surface area contributed by atoms with Crippen molar-refractivity contribution in [2.24, 2.45) is 5.41 Å². The Morgan fingerprint density at radius 2 is 1.86 bits per heavy atom. The van der Waals surface area contributed by atoms with E-state index < -0.39 is 0 Å². The second kappa shape index (κ2) is 7.01. The predicted molar refractivity (Wildman–Crippen MR) is 89.9 cm³/mol. The fourth-order valence-corrected chi connectivity index (χ4v) is 3.76. The number of phenolic OH excluding ortho intramolecular Hbond substituents is 1. The van der Waals surface area contributed by atoms with Crippen LogP contribution < -0.4 is 4.74 Å². The molecule has 1 N–H and O–H groups in total. The standard InChI is InChI=1S/C17H26BrNO2/c1-4-17(5-2)6-8-19(9-7-17)12-13-10-14(18)16(20)15(11-13)21-3/h10-11,20H,4-9,12H2,1-3H3. The van der Waals surface area contributed by atoms with E-state index >= 15 is 0 Å². The van der Waals surface area contributed by atoms with E-state index in [1.807, 2.05) is 12.1 Å². The van der Waals surface area contributed by atoms with Crippen molar-refractivity contribution >= 4 is 15.9 Å².